The molecule has 1 heterocycles. The SMILES string of the molecule is Cc1ccc2c(CNCCC3=CCCCC3)c(C(=O)O)n(C)c2c1. The number of nitrogens with zero attached hydrogens (tertiary/aromatic N) is 1. The molecule has 2 N–H and O–H groups in total. The van der Waals surface area contributed by atoms with Crippen LogP contribution in [0.1, 0.15) is 53.7 Å². The number of hydrogen-bond donors (Lipinski definition) is 2. The van der Waals surface area contributed by atoms with Crippen LogP contribution in [0.4, 0.5) is 0 Å². The zero-order valence-electron chi connectivity index (χ0n) is 14.6. The summed E-state index contributed by atoms with van der Waals surface area (Å²) in [4.78, 5) is 11.7. The first-order valence-corrected chi connectivity index (χ1v) is 8.77. The minimum Gasteiger partial charge on any atom is -0.477 e. The van der Waals surface area contributed by atoms with E-state index in [1.807, 2.05) is 26.1 Å². The Morgan fingerprint density at radius 3 is 2.88 bits per heavy atom. The summed E-state index contributed by atoms with van der Waals surface area (Å²) in [5.41, 5.74) is 4.95. The van der Waals surface area contributed by atoms with Crippen LogP contribution in [-0.4, -0.2) is 22.2 Å². The van der Waals surface area contributed by atoms with Crippen molar-refractivity contribution in [3.8, 4) is 0 Å². The first-order valence-electron chi connectivity index (χ1n) is 8.77. The Morgan fingerprint density at radius 1 is 1.33 bits per heavy atom. The first-order chi connectivity index (χ1) is 11.6. The first kappa shape index (κ1) is 16.8. The van der Waals surface area contributed by atoms with E-state index in [4.69, 9.17) is 0 Å². The number of aromatic nitrogens is 1. The smallest absolute Gasteiger partial charge is 0.352 e. The fourth-order valence-electron chi connectivity index (χ4n) is 3.67. The van der Waals surface area contributed by atoms with Crippen molar-refractivity contribution >= 4 is 16.9 Å². The van der Waals surface area contributed by atoms with Gasteiger partial charge in [-0.2, -0.15) is 0 Å². The highest BCUT2D eigenvalue weighted by molar-refractivity contribution is 5.98. The van der Waals surface area contributed by atoms with Gasteiger partial charge in [-0.25, -0.2) is 4.79 Å². The molecule has 1 aromatic heterocycles. The number of carbonyl (C=O) groups is 1. The number of rotatable bonds is 6. The molecule has 0 radical (unpaired) electrons. The number of carboxylic acid groups (broad SMARTS) is 1. The van der Waals surface area contributed by atoms with Crippen molar-refractivity contribution in [1.82, 2.24) is 9.88 Å². The maximum atomic E-state index is 11.7. The van der Waals surface area contributed by atoms with E-state index in [-0.39, 0.29) is 0 Å². The summed E-state index contributed by atoms with van der Waals surface area (Å²) in [6.07, 6.45) is 8.48. The monoisotopic (exact) mass is 326 g/mol. The summed E-state index contributed by atoms with van der Waals surface area (Å²) in [5.74, 6) is -0.863. The van der Waals surface area contributed by atoms with E-state index in [9.17, 15) is 9.90 Å². The van der Waals surface area contributed by atoms with Crippen molar-refractivity contribution in [3.63, 3.8) is 0 Å². The molecule has 0 fully saturated rings. The number of benzene rings is 1. The lowest BCUT2D eigenvalue weighted by Crippen LogP contribution is -2.18. The number of hydrogen-bond acceptors (Lipinski definition) is 2. The van der Waals surface area contributed by atoms with Gasteiger partial charge in [-0.15, -0.1) is 0 Å². The molecular weight excluding hydrogens is 300 g/mol. The van der Waals surface area contributed by atoms with Crippen molar-refractivity contribution in [2.75, 3.05) is 6.54 Å². The van der Waals surface area contributed by atoms with Crippen LogP contribution in [0.5, 0.6) is 0 Å². The molecule has 0 atom stereocenters. The number of aromatic carboxylic acids is 1. The molecule has 0 aliphatic heterocycles. The molecule has 0 spiro atoms. The lowest BCUT2D eigenvalue weighted by atomic mass is 9.97. The van der Waals surface area contributed by atoms with Gasteiger partial charge in [0.15, 0.2) is 0 Å². The zero-order chi connectivity index (χ0) is 17.1. The Hall–Kier alpha value is -2.07. The minimum absolute atomic E-state index is 0.389. The van der Waals surface area contributed by atoms with Crippen LogP contribution >= 0.6 is 0 Å². The highest BCUT2D eigenvalue weighted by Gasteiger charge is 2.20. The molecule has 4 nitrogen and oxygen atoms in total. The van der Waals surface area contributed by atoms with Gasteiger partial charge in [-0.3, -0.25) is 0 Å². The third-order valence-electron chi connectivity index (χ3n) is 4.97. The highest BCUT2D eigenvalue weighted by Crippen LogP contribution is 2.26. The van der Waals surface area contributed by atoms with Crippen LogP contribution in [0.3, 0.4) is 0 Å². The van der Waals surface area contributed by atoms with Crippen molar-refractivity contribution in [2.45, 2.75) is 45.6 Å². The van der Waals surface area contributed by atoms with Crippen LogP contribution in [0.25, 0.3) is 10.9 Å². The van der Waals surface area contributed by atoms with Gasteiger partial charge in [-0.05, 0) is 57.2 Å². The van der Waals surface area contributed by atoms with Gasteiger partial charge in [0.25, 0.3) is 0 Å². The predicted molar refractivity (Wildman–Crippen MR) is 97.5 cm³/mol. The van der Waals surface area contributed by atoms with Crippen LogP contribution in [0.15, 0.2) is 29.8 Å². The van der Waals surface area contributed by atoms with Crippen molar-refractivity contribution in [2.24, 2.45) is 7.05 Å². The van der Waals surface area contributed by atoms with E-state index in [1.165, 1.54) is 25.7 Å². The summed E-state index contributed by atoms with van der Waals surface area (Å²) < 4.78 is 1.80. The molecule has 1 aromatic carbocycles. The molecule has 0 bridgehead atoms. The van der Waals surface area contributed by atoms with Gasteiger partial charge < -0.3 is 15.0 Å². The van der Waals surface area contributed by atoms with E-state index >= 15 is 0 Å². The average Bonchev–Trinajstić information content (AvgIpc) is 2.84. The van der Waals surface area contributed by atoms with Gasteiger partial charge in [0.2, 0.25) is 0 Å². The molecule has 1 aliphatic rings. The molecular formula is C20H26N2O2. The van der Waals surface area contributed by atoms with Crippen LogP contribution in [-0.2, 0) is 13.6 Å². The summed E-state index contributed by atoms with van der Waals surface area (Å²) in [6.45, 7) is 3.52. The molecule has 24 heavy (non-hydrogen) atoms. The summed E-state index contributed by atoms with van der Waals surface area (Å²) >= 11 is 0. The van der Waals surface area contributed by atoms with E-state index in [0.29, 0.717) is 12.2 Å². The summed E-state index contributed by atoms with van der Waals surface area (Å²) in [5, 5.41) is 14.1. The van der Waals surface area contributed by atoms with Gasteiger partial charge in [0.05, 0.1) is 0 Å². The molecule has 128 valence electrons. The van der Waals surface area contributed by atoms with E-state index in [2.05, 4.69) is 17.5 Å². The molecule has 0 saturated heterocycles. The molecule has 2 aromatic rings. The van der Waals surface area contributed by atoms with Crippen LogP contribution < -0.4 is 5.32 Å². The van der Waals surface area contributed by atoms with Crippen LogP contribution in [0, 0.1) is 6.92 Å². The van der Waals surface area contributed by atoms with Crippen molar-refractivity contribution in [1.29, 1.82) is 0 Å². The number of aryl methyl sites for hydroxylation is 2. The van der Waals surface area contributed by atoms with Crippen molar-refractivity contribution < 1.29 is 9.90 Å². The Balaban J connectivity index is 1.76. The Bertz CT molecular complexity index is 787. The fraction of sp³-hybridized carbons (Fsp3) is 0.450. The van der Waals surface area contributed by atoms with Gasteiger partial charge in [0, 0.05) is 30.1 Å². The zero-order valence-corrected chi connectivity index (χ0v) is 14.6. The lowest BCUT2D eigenvalue weighted by molar-refractivity contribution is 0.0685. The highest BCUT2D eigenvalue weighted by atomic mass is 16.4. The largest absolute Gasteiger partial charge is 0.477 e. The molecule has 0 amide bonds. The molecule has 1 aliphatic carbocycles. The standard InChI is InChI=1S/C20H26N2O2/c1-14-8-9-16-17(19(20(23)24)22(2)18(16)12-14)13-21-11-10-15-6-4-3-5-7-15/h6,8-9,12,21H,3-5,7,10-11,13H2,1-2H3,(H,23,24). The number of carboxylic acids is 1. The molecule has 0 saturated carbocycles. The lowest BCUT2D eigenvalue weighted by Gasteiger charge is -2.13. The third-order valence-corrected chi connectivity index (χ3v) is 4.97. The van der Waals surface area contributed by atoms with Crippen molar-refractivity contribution in [3.05, 3.63) is 46.7 Å². The van der Waals surface area contributed by atoms with E-state index in [1.54, 1.807) is 10.1 Å². The third kappa shape index (κ3) is 3.39. The maximum Gasteiger partial charge on any atom is 0.352 e. The fourth-order valence-corrected chi connectivity index (χ4v) is 3.67. The maximum absolute atomic E-state index is 11.7. The second-order valence-corrected chi connectivity index (χ2v) is 6.75. The average molecular weight is 326 g/mol. The molecule has 0 unspecified atom stereocenters. The summed E-state index contributed by atoms with van der Waals surface area (Å²) in [7, 11) is 1.83. The number of fused-ring (bicyclic) bond motifs is 1. The Morgan fingerprint density at radius 2 is 2.17 bits per heavy atom. The normalized spacial score (nSPS) is 14.8. The van der Waals surface area contributed by atoms with Crippen LogP contribution in [0.2, 0.25) is 0 Å². The van der Waals surface area contributed by atoms with E-state index < -0.39 is 5.97 Å². The quantitative estimate of drug-likeness (QED) is 0.619. The Labute approximate surface area is 143 Å². The minimum atomic E-state index is -0.863. The number of allylic oxidation sites excluding steroid dienone is 1. The number of nitrogens with one attached hydrogen (secondary N) is 1. The predicted octanol–water partition coefficient (Wildman–Crippen LogP) is 4.17. The summed E-state index contributed by atoms with van der Waals surface area (Å²) in [6, 6.07) is 6.14. The molecule has 4 heteroatoms. The van der Waals surface area contributed by atoms with Gasteiger partial charge >= 0.3 is 5.97 Å². The van der Waals surface area contributed by atoms with E-state index in [0.717, 1.165) is 35.0 Å². The Kier molecular flexibility index (Phi) is 5.05. The van der Waals surface area contributed by atoms with Gasteiger partial charge in [0.1, 0.15) is 5.69 Å². The topological polar surface area (TPSA) is 54.3 Å². The molecule has 3 rings (SSSR count). The second kappa shape index (κ2) is 7.22. The second-order valence-electron chi connectivity index (χ2n) is 6.75. The van der Waals surface area contributed by atoms with Gasteiger partial charge in [-0.1, -0.05) is 23.8 Å².